The third kappa shape index (κ3) is 3.53. The van der Waals surface area contributed by atoms with Gasteiger partial charge in [0.2, 0.25) is 5.91 Å². The largest absolute Gasteiger partial charge is 0.480 e. The molecule has 1 N–H and O–H groups in total. The minimum absolute atomic E-state index is 0.0407. The van der Waals surface area contributed by atoms with Gasteiger partial charge in [-0.3, -0.25) is 14.5 Å². The van der Waals surface area contributed by atoms with Crippen LogP contribution in [0.2, 0.25) is 0 Å². The monoisotopic (exact) mass is 324 g/mol. The summed E-state index contributed by atoms with van der Waals surface area (Å²) in [5, 5.41) is 9.55. The molecular formula is C17H28N2O4. The minimum Gasteiger partial charge on any atom is -0.480 e. The van der Waals surface area contributed by atoms with Crippen LogP contribution in [0.4, 0.5) is 0 Å². The summed E-state index contributed by atoms with van der Waals surface area (Å²) in [6.07, 6.45) is 5.24. The molecule has 2 saturated heterocycles. The fraction of sp³-hybridized carbons (Fsp3) is 0.882. The van der Waals surface area contributed by atoms with Gasteiger partial charge in [0, 0.05) is 19.1 Å². The SMILES string of the molecule is C[C@@H]1CN(C(=O)CN2[C@H](C(=O)O)C[C@@H]3CCCC[C@@H]32)C[C@H](C)O1. The maximum atomic E-state index is 12.7. The lowest BCUT2D eigenvalue weighted by Gasteiger charge is -2.38. The van der Waals surface area contributed by atoms with E-state index in [9.17, 15) is 14.7 Å². The molecule has 130 valence electrons. The van der Waals surface area contributed by atoms with Gasteiger partial charge in [0.25, 0.3) is 0 Å². The van der Waals surface area contributed by atoms with Gasteiger partial charge in [-0.05, 0) is 39.0 Å². The van der Waals surface area contributed by atoms with Gasteiger partial charge in [-0.1, -0.05) is 12.8 Å². The Bertz CT molecular complexity index is 460. The number of hydrogen-bond donors (Lipinski definition) is 1. The molecule has 0 bridgehead atoms. The molecule has 23 heavy (non-hydrogen) atoms. The fourth-order valence-electron chi connectivity index (χ4n) is 4.66. The van der Waals surface area contributed by atoms with Crippen LogP contribution in [-0.2, 0) is 14.3 Å². The molecule has 0 spiro atoms. The van der Waals surface area contributed by atoms with Crippen molar-refractivity contribution in [1.29, 1.82) is 0 Å². The molecule has 0 aromatic heterocycles. The third-order valence-electron chi connectivity index (χ3n) is 5.60. The van der Waals surface area contributed by atoms with Crippen molar-refractivity contribution < 1.29 is 19.4 Å². The molecule has 5 atom stereocenters. The van der Waals surface area contributed by atoms with Gasteiger partial charge in [-0.25, -0.2) is 0 Å². The van der Waals surface area contributed by atoms with Crippen molar-refractivity contribution in [1.82, 2.24) is 9.80 Å². The number of carboxylic acids is 1. The molecule has 0 aromatic carbocycles. The Balaban J connectivity index is 1.68. The van der Waals surface area contributed by atoms with Crippen molar-refractivity contribution in [2.75, 3.05) is 19.6 Å². The molecule has 2 heterocycles. The number of amides is 1. The minimum atomic E-state index is -0.782. The van der Waals surface area contributed by atoms with Crippen molar-refractivity contribution in [3.8, 4) is 0 Å². The van der Waals surface area contributed by atoms with E-state index >= 15 is 0 Å². The van der Waals surface area contributed by atoms with Crippen LogP contribution < -0.4 is 0 Å². The molecule has 6 heteroatoms. The van der Waals surface area contributed by atoms with E-state index in [2.05, 4.69) is 0 Å². The number of hydrogen-bond acceptors (Lipinski definition) is 4. The van der Waals surface area contributed by atoms with Crippen molar-refractivity contribution in [3.63, 3.8) is 0 Å². The van der Waals surface area contributed by atoms with E-state index in [0.717, 1.165) is 19.3 Å². The van der Waals surface area contributed by atoms with E-state index in [1.165, 1.54) is 6.42 Å². The van der Waals surface area contributed by atoms with E-state index in [1.807, 2.05) is 23.6 Å². The van der Waals surface area contributed by atoms with Crippen molar-refractivity contribution in [2.24, 2.45) is 5.92 Å². The van der Waals surface area contributed by atoms with Crippen molar-refractivity contribution in [3.05, 3.63) is 0 Å². The van der Waals surface area contributed by atoms with Crippen molar-refractivity contribution >= 4 is 11.9 Å². The fourth-order valence-corrected chi connectivity index (χ4v) is 4.66. The van der Waals surface area contributed by atoms with Gasteiger partial charge >= 0.3 is 5.97 Å². The molecule has 0 radical (unpaired) electrons. The number of morpholine rings is 1. The van der Waals surface area contributed by atoms with Gasteiger partial charge in [-0.15, -0.1) is 0 Å². The van der Waals surface area contributed by atoms with E-state index in [-0.39, 0.29) is 30.7 Å². The van der Waals surface area contributed by atoms with Crippen LogP contribution in [0.1, 0.15) is 46.0 Å². The van der Waals surface area contributed by atoms with Crippen LogP contribution in [-0.4, -0.2) is 70.7 Å². The zero-order valence-corrected chi connectivity index (χ0v) is 14.1. The van der Waals surface area contributed by atoms with Crippen molar-refractivity contribution in [2.45, 2.75) is 70.2 Å². The first-order valence-electron chi connectivity index (χ1n) is 8.87. The Morgan fingerprint density at radius 1 is 1.13 bits per heavy atom. The first-order chi connectivity index (χ1) is 11.0. The summed E-state index contributed by atoms with van der Waals surface area (Å²) in [5.74, 6) is -0.291. The number of nitrogens with zero attached hydrogens (tertiary/aromatic N) is 2. The number of carboxylic acid groups (broad SMARTS) is 1. The van der Waals surface area contributed by atoms with Crippen LogP contribution >= 0.6 is 0 Å². The number of likely N-dealkylation sites (tertiary alicyclic amines) is 1. The predicted octanol–water partition coefficient (Wildman–Crippen LogP) is 1.34. The summed E-state index contributed by atoms with van der Waals surface area (Å²) >= 11 is 0. The topological polar surface area (TPSA) is 70.1 Å². The molecule has 1 amide bonds. The Labute approximate surface area is 137 Å². The van der Waals surface area contributed by atoms with Gasteiger partial charge in [0.15, 0.2) is 0 Å². The Morgan fingerprint density at radius 2 is 1.78 bits per heavy atom. The van der Waals surface area contributed by atoms with Crippen LogP contribution in [0, 0.1) is 5.92 Å². The average molecular weight is 324 g/mol. The normalized spacial score (nSPS) is 38.3. The van der Waals surface area contributed by atoms with E-state index in [4.69, 9.17) is 4.74 Å². The van der Waals surface area contributed by atoms with Gasteiger partial charge in [-0.2, -0.15) is 0 Å². The molecule has 3 aliphatic rings. The van der Waals surface area contributed by atoms with Crippen LogP contribution in [0.5, 0.6) is 0 Å². The Morgan fingerprint density at radius 3 is 2.43 bits per heavy atom. The predicted molar refractivity (Wildman–Crippen MR) is 85.1 cm³/mol. The summed E-state index contributed by atoms with van der Waals surface area (Å²) in [7, 11) is 0. The second kappa shape index (κ2) is 6.77. The summed E-state index contributed by atoms with van der Waals surface area (Å²) in [4.78, 5) is 28.2. The molecule has 1 saturated carbocycles. The number of aliphatic carboxylic acids is 1. The second-order valence-electron chi connectivity index (χ2n) is 7.43. The highest BCUT2D eigenvalue weighted by atomic mass is 16.5. The number of ether oxygens (including phenoxy) is 1. The zero-order valence-electron chi connectivity index (χ0n) is 14.1. The number of fused-ring (bicyclic) bond motifs is 1. The molecule has 6 nitrogen and oxygen atoms in total. The maximum Gasteiger partial charge on any atom is 0.320 e. The number of carbonyl (C=O) groups is 2. The third-order valence-corrected chi connectivity index (χ3v) is 5.60. The lowest BCUT2D eigenvalue weighted by Crippen LogP contribution is -2.53. The van der Waals surface area contributed by atoms with Gasteiger partial charge in [0.05, 0.1) is 18.8 Å². The van der Waals surface area contributed by atoms with E-state index < -0.39 is 12.0 Å². The first-order valence-corrected chi connectivity index (χ1v) is 8.87. The van der Waals surface area contributed by atoms with Crippen LogP contribution in [0.15, 0.2) is 0 Å². The summed E-state index contributed by atoms with van der Waals surface area (Å²) < 4.78 is 5.68. The van der Waals surface area contributed by atoms with Gasteiger partial charge < -0.3 is 14.7 Å². The highest BCUT2D eigenvalue weighted by Gasteiger charge is 2.46. The Hall–Kier alpha value is -1.14. The Kier molecular flexibility index (Phi) is 4.92. The molecule has 2 aliphatic heterocycles. The number of carbonyl (C=O) groups excluding carboxylic acids is 1. The lowest BCUT2D eigenvalue weighted by molar-refractivity contribution is -0.148. The van der Waals surface area contributed by atoms with E-state index in [1.54, 1.807) is 0 Å². The summed E-state index contributed by atoms with van der Waals surface area (Å²) in [6.45, 7) is 5.38. The van der Waals surface area contributed by atoms with Crippen LogP contribution in [0.3, 0.4) is 0 Å². The molecule has 3 fully saturated rings. The quantitative estimate of drug-likeness (QED) is 0.848. The average Bonchev–Trinajstić information content (AvgIpc) is 2.85. The molecule has 0 aromatic rings. The molecule has 1 aliphatic carbocycles. The van der Waals surface area contributed by atoms with Gasteiger partial charge in [0.1, 0.15) is 6.04 Å². The van der Waals surface area contributed by atoms with E-state index in [0.29, 0.717) is 25.4 Å². The molecule has 3 rings (SSSR count). The highest BCUT2D eigenvalue weighted by molar-refractivity contribution is 5.80. The maximum absolute atomic E-state index is 12.7. The highest BCUT2D eigenvalue weighted by Crippen LogP contribution is 2.39. The second-order valence-corrected chi connectivity index (χ2v) is 7.43. The van der Waals surface area contributed by atoms with Crippen LogP contribution in [0.25, 0.3) is 0 Å². The number of rotatable bonds is 3. The molecule has 0 unspecified atom stereocenters. The summed E-state index contributed by atoms with van der Waals surface area (Å²) in [6, 6.07) is -0.229. The first kappa shape index (κ1) is 16.7. The summed E-state index contributed by atoms with van der Waals surface area (Å²) in [5.41, 5.74) is 0. The zero-order chi connectivity index (χ0) is 16.6. The molecular weight excluding hydrogens is 296 g/mol. The smallest absolute Gasteiger partial charge is 0.320 e. The standard InChI is InChI=1S/C17H28N2O4/c1-11-8-18(9-12(2)23-11)16(20)10-19-14-6-4-3-5-13(14)7-15(19)17(21)22/h11-15H,3-10H2,1-2H3,(H,21,22)/t11-,12+,13-,14-,15-/m0/s1. The lowest BCUT2D eigenvalue weighted by atomic mass is 9.85.